The van der Waals surface area contributed by atoms with E-state index in [1.807, 2.05) is 6.08 Å². The minimum absolute atomic E-state index is 0.239. The summed E-state index contributed by atoms with van der Waals surface area (Å²) in [6, 6.07) is -0.984. The summed E-state index contributed by atoms with van der Waals surface area (Å²) in [7, 11) is 0. The molecule has 17 unspecified atom stereocenters. The van der Waals surface area contributed by atoms with Gasteiger partial charge in [0.15, 0.2) is 18.9 Å². The van der Waals surface area contributed by atoms with Gasteiger partial charge < -0.3 is 89.9 Å². The predicted octanol–water partition coefficient (Wildman–Crippen LogP) is 9.05. The van der Waals surface area contributed by atoms with Crippen LogP contribution in [0.3, 0.4) is 0 Å². The molecule has 3 aliphatic heterocycles. The van der Waals surface area contributed by atoms with Crippen LogP contribution in [-0.4, -0.2) is 193 Å². The van der Waals surface area contributed by atoms with Crippen LogP contribution in [0.4, 0.5) is 0 Å². The van der Waals surface area contributed by atoms with Crippen LogP contribution in [0.15, 0.2) is 24.3 Å². The maximum absolute atomic E-state index is 13.3. The van der Waals surface area contributed by atoms with Gasteiger partial charge in [-0.1, -0.05) is 263 Å². The van der Waals surface area contributed by atoms with Crippen molar-refractivity contribution < 1.29 is 89.4 Å². The summed E-state index contributed by atoms with van der Waals surface area (Å²) in [5.74, 6) is -0.285. The smallest absolute Gasteiger partial charge is 0.220 e. The van der Waals surface area contributed by atoms with E-state index in [1.165, 1.54) is 199 Å². The van der Waals surface area contributed by atoms with Crippen molar-refractivity contribution in [3.05, 3.63) is 24.3 Å². The molecule has 0 spiro atoms. The molecule has 3 aliphatic rings. The van der Waals surface area contributed by atoms with Crippen molar-refractivity contribution in [3.8, 4) is 0 Å². The van der Waals surface area contributed by atoms with E-state index < -0.39 is 124 Å². The van der Waals surface area contributed by atoms with Crippen LogP contribution < -0.4 is 5.32 Å². The molecule has 0 aromatic rings. The highest BCUT2D eigenvalue weighted by Crippen LogP contribution is 2.33. The van der Waals surface area contributed by atoms with Gasteiger partial charge in [0.05, 0.1) is 38.6 Å². The zero-order valence-corrected chi connectivity index (χ0v) is 54.0. The van der Waals surface area contributed by atoms with E-state index in [0.717, 1.165) is 38.5 Å². The van der Waals surface area contributed by atoms with Gasteiger partial charge in [-0.15, -0.1) is 0 Å². The van der Waals surface area contributed by atoms with Gasteiger partial charge in [0.2, 0.25) is 5.91 Å². The number of ether oxygens (including phenoxy) is 6. The summed E-state index contributed by atoms with van der Waals surface area (Å²) in [6.45, 7) is 1.61. The van der Waals surface area contributed by atoms with E-state index in [0.29, 0.717) is 12.8 Å². The van der Waals surface area contributed by atoms with Crippen LogP contribution in [0.25, 0.3) is 0 Å². The van der Waals surface area contributed by atoms with Crippen LogP contribution >= 0.6 is 0 Å². The molecule has 0 aromatic carbocycles. The molecule has 3 saturated heterocycles. The number of allylic oxidation sites excluding steroid dienone is 3. The Morgan fingerprint density at radius 3 is 1.13 bits per heavy atom. The minimum Gasteiger partial charge on any atom is -0.394 e. The van der Waals surface area contributed by atoms with Crippen molar-refractivity contribution >= 4 is 5.91 Å². The van der Waals surface area contributed by atoms with Gasteiger partial charge in [-0.25, -0.2) is 0 Å². The fourth-order valence-corrected chi connectivity index (χ4v) is 12.0. The molecular formula is C68H127NO18. The van der Waals surface area contributed by atoms with E-state index in [4.69, 9.17) is 28.4 Å². The fraction of sp³-hybridized carbons (Fsp3) is 0.926. The lowest BCUT2D eigenvalue weighted by atomic mass is 9.96. The third-order valence-electron chi connectivity index (χ3n) is 17.7. The van der Waals surface area contributed by atoms with E-state index in [9.17, 15) is 61.0 Å². The number of aliphatic hydroxyl groups is 11. The molecule has 0 saturated carbocycles. The number of amides is 1. The summed E-state index contributed by atoms with van der Waals surface area (Å²) in [4.78, 5) is 13.3. The third-order valence-corrected chi connectivity index (χ3v) is 17.7. The molecule has 19 heteroatoms. The van der Waals surface area contributed by atoms with Crippen molar-refractivity contribution in [2.24, 2.45) is 0 Å². The molecule has 0 bridgehead atoms. The van der Waals surface area contributed by atoms with Gasteiger partial charge in [-0.3, -0.25) is 4.79 Å². The minimum atomic E-state index is -1.98. The molecule has 12 N–H and O–H groups in total. The molecular weight excluding hydrogens is 1120 g/mol. The first-order valence-electron chi connectivity index (χ1n) is 35.1. The molecule has 17 atom stereocenters. The van der Waals surface area contributed by atoms with Gasteiger partial charge in [-0.2, -0.15) is 0 Å². The second-order valence-corrected chi connectivity index (χ2v) is 25.3. The summed E-state index contributed by atoms with van der Waals surface area (Å²) < 4.78 is 34.2. The van der Waals surface area contributed by atoms with Crippen LogP contribution in [0.2, 0.25) is 0 Å². The molecule has 0 aromatic heterocycles. The Morgan fingerprint density at radius 1 is 0.402 bits per heavy atom. The zero-order valence-electron chi connectivity index (χ0n) is 54.0. The highest BCUT2D eigenvalue weighted by molar-refractivity contribution is 5.76. The van der Waals surface area contributed by atoms with Crippen LogP contribution in [0, 0.1) is 0 Å². The van der Waals surface area contributed by atoms with E-state index in [1.54, 1.807) is 6.08 Å². The molecule has 3 rings (SSSR count). The van der Waals surface area contributed by atoms with Gasteiger partial charge >= 0.3 is 0 Å². The van der Waals surface area contributed by atoms with E-state index >= 15 is 0 Å². The average Bonchev–Trinajstić information content (AvgIpc) is 3.72. The van der Waals surface area contributed by atoms with Gasteiger partial charge in [0.25, 0.3) is 0 Å². The number of unbranched alkanes of at least 4 members (excludes halogenated alkanes) is 36. The number of hydrogen-bond acceptors (Lipinski definition) is 18. The topological polar surface area (TPSA) is 307 Å². The number of carbonyl (C=O) groups excluding carboxylic acids is 1. The highest BCUT2D eigenvalue weighted by atomic mass is 16.8. The zero-order chi connectivity index (χ0) is 63.3. The molecule has 19 nitrogen and oxygen atoms in total. The number of carbonyl (C=O) groups is 1. The molecule has 512 valence electrons. The Hall–Kier alpha value is -1.73. The Kier molecular flexibility index (Phi) is 46.4. The molecule has 3 fully saturated rings. The number of hydrogen-bond donors (Lipinski definition) is 12. The largest absolute Gasteiger partial charge is 0.394 e. The maximum Gasteiger partial charge on any atom is 0.220 e. The number of rotatable bonds is 54. The molecule has 0 radical (unpaired) electrons. The van der Waals surface area contributed by atoms with Gasteiger partial charge in [0, 0.05) is 6.42 Å². The molecule has 1 amide bonds. The van der Waals surface area contributed by atoms with Crippen LogP contribution in [0.1, 0.15) is 271 Å². The van der Waals surface area contributed by atoms with Crippen molar-refractivity contribution in [3.63, 3.8) is 0 Å². The second kappa shape index (κ2) is 50.8. The summed E-state index contributed by atoms with van der Waals surface area (Å²) >= 11 is 0. The quantitative estimate of drug-likeness (QED) is 0.0200. The predicted molar refractivity (Wildman–Crippen MR) is 337 cm³/mol. The first-order valence-corrected chi connectivity index (χ1v) is 35.1. The standard InChI is InChI=1S/C68H127NO18/c1-3-5-7-9-11-12-13-14-15-16-17-18-19-20-21-22-23-24-25-26-27-28-29-30-31-32-33-34-35-36-37-38-40-42-44-46-56(74)69-51(52(73)45-43-41-39-10-8-6-4-2)50-82-66-62(80)59(77)64(54(48-71)84-66)87-68-63(81)60(78)65(55(49-72)85-68)86-67-61(79)58(76)57(75)53(47-70)83-67/h8,10,43,45,51-55,57-68,70-73,75-81H,3-7,9,11-42,44,46-50H2,1-2H3,(H,69,74)/b10-8+,45-43+. The van der Waals surface area contributed by atoms with Crippen molar-refractivity contribution in [1.29, 1.82) is 0 Å². The monoisotopic (exact) mass is 1250 g/mol. The first kappa shape index (κ1) is 79.5. The van der Waals surface area contributed by atoms with Gasteiger partial charge in [0.1, 0.15) is 73.2 Å². The lowest BCUT2D eigenvalue weighted by Crippen LogP contribution is -2.66. The molecule has 87 heavy (non-hydrogen) atoms. The third kappa shape index (κ3) is 33.1. The Labute approximate surface area is 524 Å². The second-order valence-electron chi connectivity index (χ2n) is 25.3. The van der Waals surface area contributed by atoms with E-state index in [2.05, 4.69) is 31.3 Å². The van der Waals surface area contributed by atoms with Crippen LogP contribution in [-0.2, 0) is 33.2 Å². The Balaban J connectivity index is 1.27. The molecule has 0 aliphatic carbocycles. The van der Waals surface area contributed by atoms with Crippen LogP contribution in [0.5, 0.6) is 0 Å². The Bertz CT molecular complexity index is 1680. The average molecular weight is 1250 g/mol. The summed E-state index contributed by atoms with van der Waals surface area (Å²) in [6.07, 6.45) is 31.2. The normalized spacial score (nSPS) is 28.7. The lowest BCUT2D eigenvalue weighted by Gasteiger charge is -2.48. The number of nitrogens with one attached hydrogen (secondary N) is 1. The van der Waals surface area contributed by atoms with Gasteiger partial charge in [-0.05, 0) is 25.7 Å². The Morgan fingerprint density at radius 2 is 0.736 bits per heavy atom. The number of aliphatic hydroxyl groups excluding tert-OH is 11. The van der Waals surface area contributed by atoms with E-state index in [-0.39, 0.29) is 18.9 Å². The fourth-order valence-electron chi connectivity index (χ4n) is 12.0. The summed E-state index contributed by atoms with van der Waals surface area (Å²) in [5, 5.41) is 120. The lowest BCUT2D eigenvalue weighted by molar-refractivity contribution is -0.379. The summed E-state index contributed by atoms with van der Waals surface area (Å²) in [5.41, 5.74) is 0. The maximum atomic E-state index is 13.3. The SMILES string of the molecule is CCC/C=C/CC/C=C/C(O)C(COC1OC(CO)C(OC2OC(CO)C(OC3OC(CO)C(O)C(O)C3O)C(O)C2O)C(O)C1O)NC(=O)CCCCCCCCCCCCCCCCCCCCCCCCCCCCCCCCCCCCC. The van der Waals surface area contributed by atoms with Crippen molar-refractivity contribution in [1.82, 2.24) is 5.32 Å². The first-order chi connectivity index (χ1) is 42.3. The van der Waals surface area contributed by atoms with Crippen molar-refractivity contribution in [2.45, 2.75) is 375 Å². The molecule has 3 heterocycles. The highest BCUT2D eigenvalue weighted by Gasteiger charge is 2.53. The van der Waals surface area contributed by atoms with Crippen molar-refractivity contribution in [2.75, 3.05) is 26.4 Å².